The Kier molecular flexibility index (Phi) is 13.4. The number of benzene rings is 6. The van der Waals surface area contributed by atoms with Crippen LogP contribution in [0.4, 0.5) is 11.4 Å². The number of fused-ring (bicyclic) bond motifs is 2. The Morgan fingerprint density at radius 2 is 0.970 bits per heavy atom. The van der Waals surface area contributed by atoms with Crippen molar-refractivity contribution in [2.45, 2.75) is 37.9 Å². The van der Waals surface area contributed by atoms with Crippen molar-refractivity contribution >= 4 is 80.9 Å². The van der Waals surface area contributed by atoms with Crippen LogP contribution < -0.4 is 19.3 Å². The van der Waals surface area contributed by atoms with Gasteiger partial charge in [0, 0.05) is 48.7 Å². The van der Waals surface area contributed by atoms with Crippen LogP contribution in [0.25, 0.3) is 11.1 Å². The molecule has 0 aliphatic carbocycles. The summed E-state index contributed by atoms with van der Waals surface area (Å²) in [5.41, 5.74) is 7.87. The molecule has 336 valence electrons. The van der Waals surface area contributed by atoms with E-state index in [2.05, 4.69) is 58.3 Å². The van der Waals surface area contributed by atoms with Gasteiger partial charge in [-0.15, -0.1) is 0 Å². The minimum atomic E-state index is -1.62. The summed E-state index contributed by atoms with van der Waals surface area (Å²) in [6, 6.07) is 40.0. The van der Waals surface area contributed by atoms with Gasteiger partial charge in [0.05, 0.1) is 45.4 Å². The number of methoxy groups -OCH3 is 2. The largest absolute Gasteiger partial charge is 0.497 e. The third-order valence-electron chi connectivity index (χ3n) is 12.5. The minimum Gasteiger partial charge on any atom is -0.497 e. The van der Waals surface area contributed by atoms with Gasteiger partial charge >= 0.3 is 11.9 Å². The van der Waals surface area contributed by atoms with E-state index >= 15 is 0 Å². The lowest BCUT2D eigenvalue weighted by atomic mass is 9.83. The Hall–Kier alpha value is -5.90. The van der Waals surface area contributed by atoms with E-state index in [0.29, 0.717) is 29.2 Å². The summed E-state index contributed by atoms with van der Waals surface area (Å²) < 4.78 is 22.4. The van der Waals surface area contributed by atoms with Crippen LogP contribution in [0.5, 0.6) is 11.5 Å². The summed E-state index contributed by atoms with van der Waals surface area (Å²) in [5.74, 6) is 0.547. The van der Waals surface area contributed by atoms with E-state index in [1.54, 1.807) is 20.3 Å². The van der Waals surface area contributed by atoms with Crippen LogP contribution >= 0.6 is 46.4 Å². The van der Waals surface area contributed by atoms with Crippen LogP contribution in [0.1, 0.15) is 79.8 Å². The van der Waals surface area contributed by atoms with Crippen molar-refractivity contribution in [2.24, 2.45) is 0 Å². The summed E-state index contributed by atoms with van der Waals surface area (Å²) in [6.07, 6.45) is 8.57. The van der Waals surface area contributed by atoms with Crippen molar-refractivity contribution < 1.29 is 28.5 Å². The summed E-state index contributed by atoms with van der Waals surface area (Å²) in [7, 11) is 3.27. The van der Waals surface area contributed by atoms with Crippen molar-refractivity contribution in [1.82, 2.24) is 0 Å². The molecule has 4 heterocycles. The maximum Gasteiger partial charge on any atom is 0.341 e. The predicted octanol–water partition coefficient (Wildman–Crippen LogP) is 13.5. The molecule has 0 radical (unpaired) electrons. The molecule has 6 aromatic carbocycles. The molecule has 10 rings (SSSR count). The molecule has 8 nitrogen and oxygen atoms in total. The Balaban J connectivity index is 0.000000481. The van der Waals surface area contributed by atoms with Crippen LogP contribution in [-0.4, -0.2) is 52.3 Å². The Bertz CT molecular complexity index is 2710. The van der Waals surface area contributed by atoms with Crippen LogP contribution in [-0.2, 0) is 21.7 Å². The number of rotatable bonds is 10. The Morgan fingerprint density at radius 1 is 0.545 bits per heavy atom. The van der Waals surface area contributed by atoms with Gasteiger partial charge in [-0.3, -0.25) is 0 Å². The van der Waals surface area contributed by atoms with E-state index in [1.165, 1.54) is 25.7 Å². The summed E-state index contributed by atoms with van der Waals surface area (Å²) in [5, 5.41) is 0.0695. The van der Waals surface area contributed by atoms with Gasteiger partial charge in [-0.05, 0) is 126 Å². The van der Waals surface area contributed by atoms with E-state index in [9.17, 15) is 9.59 Å². The molecule has 0 aromatic heterocycles. The molecular weight excluding hydrogens is 914 g/mol. The number of halogens is 4. The molecule has 12 heteroatoms. The number of carbonyl (C=O) groups is 2. The zero-order valence-corrected chi connectivity index (χ0v) is 39.4. The van der Waals surface area contributed by atoms with E-state index in [4.69, 9.17) is 65.4 Å². The fraction of sp³-hybridized carbons (Fsp3) is 0.222. The van der Waals surface area contributed by atoms with E-state index < -0.39 is 11.6 Å². The Labute approximate surface area is 404 Å². The first kappa shape index (κ1) is 45.3. The lowest BCUT2D eigenvalue weighted by Crippen LogP contribution is -2.23. The normalized spacial score (nSPS) is 17.8. The quantitative estimate of drug-likeness (QED) is 0.0763. The molecule has 4 aliphatic heterocycles. The van der Waals surface area contributed by atoms with Gasteiger partial charge < -0.3 is 28.7 Å². The molecule has 0 amide bonds. The van der Waals surface area contributed by atoms with Gasteiger partial charge in [-0.1, -0.05) is 113 Å². The smallest absolute Gasteiger partial charge is 0.341 e. The Morgan fingerprint density at radius 3 is 1.41 bits per heavy atom. The number of hydrogen-bond donors (Lipinski definition) is 0. The van der Waals surface area contributed by atoms with E-state index in [0.717, 1.165) is 76.5 Å². The molecule has 4 aliphatic rings. The number of ether oxygens (including phenoxy) is 4. The van der Waals surface area contributed by atoms with Crippen molar-refractivity contribution in [1.29, 1.82) is 0 Å². The van der Waals surface area contributed by atoms with Gasteiger partial charge in [0.2, 0.25) is 0 Å². The number of nitrogens with zero attached hydrogens (tertiary/aromatic N) is 2. The molecule has 2 fully saturated rings. The van der Waals surface area contributed by atoms with Crippen LogP contribution in [0.3, 0.4) is 0 Å². The van der Waals surface area contributed by atoms with Crippen LogP contribution in [0, 0.1) is 0 Å². The first-order valence-corrected chi connectivity index (χ1v) is 23.4. The third kappa shape index (κ3) is 9.00. The van der Waals surface area contributed by atoms with Crippen LogP contribution in [0.15, 0.2) is 133 Å². The average Bonchev–Trinajstić information content (AvgIpc) is 4.21. The zero-order chi connectivity index (χ0) is 46.0. The average molecular weight is 961 g/mol. The molecule has 6 aromatic rings. The summed E-state index contributed by atoms with van der Waals surface area (Å²) >= 11 is 27.4. The highest BCUT2D eigenvalue weighted by atomic mass is 35.5. The number of esters is 2. The minimum absolute atomic E-state index is 0.0152. The topological polar surface area (TPSA) is 77.5 Å². The lowest BCUT2D eigenvalue weighted by Gasteiger charge is -2.27. The summed E-state index contributed by atoms with van der Waals surface area (Å²) in [6.45, 7) is 4.54. The molecule has 0 saturated carbocycles. The number of cyclic esters (lactones) is 2. The molecule has 0 bridgehead atoms. The monoisotopic (exact) mass is 958 g/mol. The van der Waals surface area contributed by atoms with E-state index in [-0.39, 0.29) is 31.6 Å². The standard InChI is InChI=1S/C46H40Cl4N2O4.C8H6O2/c1-54-35-19-11-31(12-20-35)37(29-7-15-33(16-8-29)51-23-3-4-24-51)27-46(40-39(45(53)56-46)41(47)43(49)44(50)42(40)48)28-38(32-13-21-36(55-2)22-14-32)30-9-17-34(18-10-30)52-25-5-6-26-52;9-8-7-4-2-1-3-6(7)5-10-8/h7-22,27-28H,3-6,23-26H2,1-2H3;1-4H,5H2. The SMILES string of the molecule is COc1ccc(C(=CC2(C=C(c3ccc(OC)cc3)c3ccc(N4CCCC4)cc3)OC(=O)c3c(Cl)c(Cl)c(Cl)c(Cl)c32)c2ccc(N3CCCC3)cc2)cc1.O=C1OCc2ccccc21. The highest BCUT2D eigenvalue weighted by Crippen LogP contribution is 2.54. The molecule has 2 saturated heterocycles. The van der Waals surface area contributed by atoms with Crippen molar-refractivity contribution in [2.75, 3.05) is 50.2 Å². The highest BCUT2D eigenvalue weighted by molar-refractivity contribution is 6.53. The van der Waals surface area contributed by atoms with Gasteiger partial charge in [-0.25, -0.2) is 9.59 Å². The molecular formula is C54H46Cl4N2O6. The fourth-order valence-corrected chi connectivity index (χ4v) is 10.1. The first-order chi connectivity index (χ1) is 32.1. The maximum atomic E-state index is 14.2. The summed E-state index contributed by atoms with van der Waals surface area (Å²) in [4.78, 5) is 29.8. The second kappa shape index (κ2) is 19.5. The maximum absolute atomic E-state index is 14.2. The molecule has 0 unspecified atom stereocenters. The van der Waals surface area contributed by atoms with Crippen molar-refractivity contribution in [3.63, 3.8) is 0 Å². The van der Waals surface area contributed by atoms with Crippen molar-refractivity contribution in [3.05, 3.63) is 198 Å². The van der Waals surface area contributed by atoms with Gasteiger partial charge in [0.1, 0.15) is 18.1 Å². The predicted molar refractivity (Wildman–Crippen MR) is 265 cm³/mol. The lowest BCUT2D eigenvalue weighted by molar-refractivity contribution is 0.0299. The molecule has 0 spiro atoms. The van der Waals surface area contributed by atoms with E-state index in [1.807, 2.05) is 78.9 Å². The molecule has 66 heavy (non-hydrogen) atoms. The zero-order valence-electron chi connectivity index (χ0n) is 36.4. The third-order valence-corrected chi connectivity index (χ3v) is 14.3. The van der Waals surface area contributed by atoms with Gasteiger partial charge in [0.15, 0.2) is 5.60 Å². The second-order valence-corrected chi connectivity index (χ2v) is 18.0. The van der Waals surface area contributed by atoms with Crippen LogP contribution in [0.2, 0.25) is 20.1 Å². The fourth-order valence-electron chi connectivity index (χ4n) is 9.05. The van der Waals surface area contributed by atoms with Gasteiger partial charge in [0.25, 0.3) is 0 Å². The van der Waals surface area contributed by atoms with Crippen molar-refractivity contribution in [3.8, 4) is 11.5 Å². The molecule has 0 N–H and O–H groups in total. The first-order valence-electron chi connectivity index (χ1n) is 21.9. The number of carbonyl (C=O) groups excluding carboxylic acids is 2. The highest BCUT2D eigenvalue weighted by Gasteiger charge is 2.48. The number of hydrogen-bond acceptors (Lipinski definition) is 8. The van der Waals surface area contributed by atoms with Gasteiger partial charge in [-0.2, -0.15) is 0 Å². The number of anilines is 2. The molecule has 0 atom stereocenters. The second-order valence-electron chi connectivity index (χ2n) is 16.5.